The van der Waals surface area contributed by atoms with Crippen molar-refractivity contribution in [2.75, 3.05) is 11.9 Å². The molecule has 158 valence electrons. The summed E-state index contributed by atoms with van der Waals surface area (Å²) in [6.45, 7) is 3.76. The summed E-state index contributed by atoms with van der Waals surface area (Å²) < 4.78 is 6.72. The number of esters is 1. The van der Waals surface area contributed by atoms with Crippen molar-refractivity contribution in [1.29, 1.82) is 0 Å². The fraction of sp³-hybridized carbons (Fsp3) is 0.190. The number of thiophene rings is 1. The fourth-order valence-corrected chi connectivity index (χ4v) is 4.58. The van der Waals surface area contributed by atoms with Gasteiger partial charge in [-0.1, -0.05) is 42.1 Å². The van der Waals surface area contributed by atoms with Crippen LogP contribution in [0.2, 0.25) is 0 Å². The Labute approximate surface area is 186 Å². The van der Waals surface area contributed by atoms with Crippen LogP contribution in [0, 0.1) is 0 Å². The highest BCUT2D eigenvalue weighted by molar-refractivity contribution is 8.00. The average molecular weight is 454 g/mol. The highest BCUT2D eigenvalue weighted by Gasteiger charge is 2.23. The van der Waals surface area contributed by atoms with E-state index < -0.39 is 11.2 Å². The summed E-state index contributed by atoms with van der Waals surface area (Å²) >= 11 is 2.55. The molecule has 1 N–H and O–H groups in total. The minimum atomic E-state index is -0.491. The monoisotopic (exact) mass is 453 g/mol. The molecule has 3 aromatic heterocycles. The van der Waals surface area contributed by atoms with Crippen LogP contribution in [0.5, 0.6) is 0 Å². The lowest BCUT2D eigenvalue weighted by atomic mass is 10.1. The molecule has 8 nitrogen and oxygen atoms in total. The number of fused-ring (bicyclic) bond motifs is 1. The third kappa shape index (κ3) is 4.75. The van der Waals surface area contributed by atoms with Gasteiger partial charge in [0.05, 0.1) is 17.4 Å². The van der Waals surface area contributed by atoms with Gasteiger partial charge in [-0.05, 0) is 31.5 Å². The molecule has 0 saturated carbocycles. The second-order valence-electron chi connectivity index (χ2n) is 6.45. The van der Waals surface area contributed by atoms with E-state index in [9.17, 15) is 9.59 Å². The number of hydrogen-bond donors (Lipinski definition) is 1. The number of benzene rings is 1. The van der Waals surface area contributed by atoms with E-state index in [-0.39, 0.29) is 12.5 Å². The van der Waals surface area contributed by atoms with E-state index in [2.05, 4.69) is 20.4 Å². The van der Waals surface area contributed by atoms with Crippen LogP contribution in [0.1, 0.15) is 24.2 Å². The van der Waals surface area contributed by atoms with Gasteiger partial charge in [-0.25, -0.2) is 14.3 Å². The standard InChI is InChI=1S/C21H19N5O3S2/c1-3-29-19(28)15-12-16(14-8-5-4-6-9-14)31-18(15)23-17(27)13(2)30-21-24-20-22-10-7-11-26(20)25-21/h4-13H,3H2,1-2H3,(H,23,27)/t13-/m1/s1. The maximum absolute atomic E-state index is 12.9. The Morgan fingerprint density at radius 1 is 1.26 bits per heavy atom. The van der Waals surface area contributed by atoms with Crippen LogP contribution < -0.4 is 5.32 Å². The number of ether oxygens (including phenoxy) is 1. The molecule has 0 spiro atoms. The topological polar surface area (TPSA) is 98.5 Å². The Kier molecular flexibility index (Phi) is 6.28. The van der Waals surface area contributed by atoms with Crippen LogP contribution >= 0.6 is 23.1 Å². The number of aromatic nitrogens is 4. The lowest BCUT2D eigenvalue weighted by Gasteiger charge is -2.10. The summed E-state index contributed by atoms with van der Waals surface area (Å²) in [5, 5.41) is 7.60. The van der Waals surface area contributed by atoms with Gasteiger partial charge in [-0.15, -0.1) is 16.4 Å². The fourth-order valence-electron chi connectivity index (χ4n) is 2.78. The third-order valence-corrected chi connectivity index (χ3v) is 6.32. The molecule has 0 aliphatic rings. The molecule has 10 heteroatoms. The number of carbonyl (C=O) groups excluding carboxylic acids is 2. The summed E-state index contributed by atoms with van der Waals surface area (Å²) in [6.07, 6.45) is 3.37. The van der Waals surface area contributed by atoms with Gasteiger partial charge in [0.1, 0.15) is 5.00 Å². The van der Waals surface area contributed by atoms with Gasteiger partial charge in [0, 0.05) is 17.3 Å². The van der Waals surface area contributed by atoms with Gasteiger partial charge < -0.3 is 10.1 Å². The predicted octanol–water partition coefficient (Wildman–Crippen LogP) is 4.15. The van der Waals surface area contributed by atoms with Crippen molar-refractivity contribution in [2.45, 2.75) is 24.3 Å². The molecule has 31 heavy (non-hydrogen) atoms. The lowest BCUT2D eigenvalue weighted by Crippen LogP contribution is -2.23. The number of nitrogens with one attached hydrogen (secondary N) is 1. The maximum Gasteiger partial charge on any atom is 0.341 e. The largest absolute Gasteiger partial charge is 0.462 e. The SMILES string of the molecule is CCOC(=O)c1cc(-c2ccccc2)sc1NC(=O)[C@@H](C)Sc1nc2ncccn2n1. The zero-order valence-electron chi connectivity index (χ0n) is 16.8. The minimum Gasteiger partial charge on any atom is -0.462 e. The summed E-state index contributed by atoms with van der Waals surface area (Å²) in [5.41, 5.74) is 1.30. The minimum absolute atomic E-state index is 0.253. The molecule has 4 rings (SSSR count). The highest BCUT2D eigenvalue weighted by atomic mass is 32.2. The van der Waals surface area contributed by atoms with E-state index in [1.165, 1.54) is 23.1 Å². The Morgan fingerprint density at radius 2 is 2.06 bits per heavy atom. The van der Waals surface area contributed by atoms with E-state index in [0.717, 1.165) is 10.4 Å². The van der Waals surface area contributed by atoms with Crippen molar-refractivity contribution in [3.63, 3.8) is 0 Å². The molecule has 0 fully saturated rings. The molecule has 0 bridgehead atoms. The zero-order valence-corrected chi connectivity index (χ0v) is 18.4. The number of rotatable bonds is 7. The van der Waals surface area contributed by atoms with Gasteiger partial charge in [0.25, 0.3) is 5.78 Å². The molecule has 0 saturated heterocycles. The van der Waals surface area contributed by atoms with Gasteiger partial charge in [-0.3, -0.25) is 4.79 Å². The molecule has 0 unspecified atom stereocenters. The summed E-state index contributed by atoms with van der Waals surface area (Å²) in [5.74, 6) is -0.263. The molecule has 0 aliphatic carbocycles. The molecule has 4 aromatic rings. The summed E-state index contributed by atoms with van der Waals surface area (Å²) in [6, 6.07) is 13.2. The molecule has 3 heterocycles. The first-order valence-corrected chi connectivity index (χ1v) is 11.3. The molecule has 1 aromatic carbocycles. The van der Waals surface area contributed by atoms with Crippen LogP contribution in [-0.4, -0.2) is 43.3 Å². The van der Waals surface area contributed by atoms with Gasteiger partial charge in [0.15, 0.2) is 0 Å². The number of nitrogens with zero attached hydrogens (tertiary/aromatic N) is 4. The molecule has 1 atom stereocenters. The van der Waals surface area contributed by atoms with E-state index in [4.69, 9.17) is 4.74 Å². The van der Waals surface area contributed by atoms with Crippen molar-refractivity contribution < 1.29 is 14.3 Å². The quantitative estimate of drug-likeness (QED) is 0.331. The normalized spacial score (nSPS) is 11.9. The van der Waals surface area contributed by atoms with Crippen molar-refractivity contribution >= 4 is 45.8 Å². The van der Waals surface area contributed by atoms with Crippen LogP contribution in [-0.2, 0) is 9.53 Å². The Morgan fingerprint density at radius 3 is 2.81 bits per heavy atom. The molecular weight excluding hydrogens is 434 g/mol. The number of hydrogen-bond acceptors (Lipinski definition) is 8. The van der Waals surface area contributed by atoms with Crippen LogP contribution in [0.3, 0.4) is 0 Å². The Hall–Kier alpha value is -3.24. The van der Waals surface area contributed by atoms with Gasteiger partial charge in [0.2, 0.25) is 11.1 Å². The second-order valence-corrected chi connectivity index (χ2v) is 8.81. The highest BCUT2D eigenvalue weighted by Crippen LogP contribution is 2.36. The predicted molar refractivity (Wildman–Crippen MR) is 120 cm³/mol. The number of amides is 1. The second kappa shape index (κ2) is 9.27. The summed E-state index contributed by atoms with van der Waals surface area (Å²) in [7, 11) is 0. The lowest BCUT2D eigenvalue weighted by molar-refractivity contribution is -0.115. The van der Waals surface area contributed by atoms with Crippen molar-refractivity contribution in [3.8, 4) is 10.4 Å². The number of carbonyl (C=O) groups is 2. The van der Waals surface area contributed by atoms with Crippen molar-refractivity contribution in [3.05, 3.63) is 60.4 Å². The summed E-state index contributed by atoms with van der Waals surface area (Å²) in [4.78, 5) is 34.6. The van der Waals surface area contributed by atoms with E-state index in [1.54, 1.807) is 42.9 Å². The third-order valence-electron chi connectivity index (χ3n) is 4.27. The maximum atomic E-state index is 12.9. The van der Waals surface area contributed by atoms with Gasteiger partial charge >= 0.3 is 5.97 Å². The molecular formula is C21H19N5O3S2. The number of thioether (sulfide) groups is 1. The van der Waals surface area contributed by atoms with Crippen molar-refractivity contribution in [1.82, 2.24) is 19.6 Å². The Balaban J connectivity index is 1.54. The van der Waals surface area contributed by atoms with Crippen LogP contribution in [0.25, 0.3) is 16.2 Å². The molecule has 0 radical (unpaired) electrons. The first-order valence-electron chi connectivity index (χ1n) is 9.56. The molecule has 1 amide bonds. The van der Waals surface area contributed by atoms with E-state index in [1.807, 2.05) is 30.3 Å². The first-order chi connectivity index (χ1) is 15.0. The van der Waals surface area contributed by atoms with Crippen LogP contribution in [0.4, 0.5) is 5.00 Å². The average Bonchev–Trinajstić information content (AvgIpc) is 3.38. The molecule has 0 aliphatic heterocycles. The zero-order chi connectivity index (χ0) is 21.8. The smallest absolute Gasteiger partial charge is 0.341 e. The van der Waals surface area contributed by atoms with E-state index >= 15 is 0 Å². The Bertz CT molecular complexity index is 1190. The number of anilines is 1. The van der Waals surface area contributed by atoms with Crippen molar-refractivity contribution in [2.24, 2.45) is 0 Å². The van der Waals surface area contributed by atoms with Crippen LogP contribution in [0.15, 0.2) is 60.0 Å². The van der Waals surface area contributed by atoms with E-state index in [0.29, 0.717) is 21.5 Å². The first kappa shape index (κ1) is 21.0. The van der Waals surface area contributed by atoms with Gasteiger partial charge in [-0.2, -0.15) is 4.98 Å².